The van der Waals surface area contributed by atoms with Crippen molar-refractivity contribution in [2.24, 2.45) is 0 Å². The Labute approximate surface area is 183 Å². The molecule has 1 aromatic rings. The number of nitrogens with zero attached hydrogens (tertiary/aromatic N) is 1. The molecule has 0 aromatic heterocycles. The molecule has 2 heterocycles. The van der Waals surface area contributed by atoms with Crippen LogP contribution in [0.5, 0.6) is 0 Å². The highest BCUT2D eigenvalue weighted by atomic mass is 19.1. The van der Waals surface area contributed by atoms with Crippen molar-refractivity contribution >= 4 is 11.8 Å². The first kappa shape index (κ1) is 23.6. The van der Waals surface area contributed by atoms with Crippen molar-refractivity contribution in [3.63, 3.8) is 0 Å². The number of piperidine rings is 1. The van der Waals surface area contributed by atoms with Crippen LogP contribution < -0.4 is 10.6 Å². The number of aliphatic hydroxyl groups is 1. The lowest BCUT2D eigenvalue weighted by atomic mass is 9.96. The van der Waals surface area contributed by atoms with Gasteiger partial charge in [-0.15, -0.1) is 0 Å². The molecule has 3 rings (SSSR count). The summed E-state index contributed by atoms with van der Waals surface area (Å²) in [5.74, 6) is -0.650. The highest BCUT2D eigenvalue weighted by molar-refractivity contribution is 5.94. The van der Waals surface area contributed by atoms with Gasteiger partial charge in [-0.05, 0) is 69.5 Å². The van der Waals surface area contributed by atoms with E-state index < -0.39 is 11.9 Å². The Morgan fingerprint density at radius 2 is 1.87 bits per heavy atom. The number of amides is 2. The van der Waals surface area contributed by atoms with E-state index in [1.165, 1.54) is 43.5 Å². The first-order valence-corrected chi connectivity index (χ1v) is 11.4. The molecule has 0 unspecified atom stereocenters. The second kappa shape index (κ2) is 12.1. The van der Waals surface area contributed by atoms with Crippen molar-refractivity contribution in [2.45, 2.75) is 63.2 Å². The van der Waals surface area contributed by atoms with E-state index in [0.717, 1.165) is 26.1 Å². The lowest BCUT2D eigenvalue weighted by molar-refractivity contribution is -0.122. The van der Waals surface area contributed by atoms with Crippen molar-refractivity contribution in [1.82, 2.24) is 15.5 Å². The average Bonchev–Trinajstić information content (AvgIpc) is 2.79. The van der Waals surface area contributed by atoms with Crippen LogP contribution in [0.25, 0.3) is 0 Å². The van der Waals surface area contributed by atoms with Crippen LogP contribution in [0.1, 0.15) is 55.3 Å². The monoisotopic (exact) mass is 435 g/mol. The Bertz CT molecular complexity index is 709. The van der Waals surface area contributed by atoms with E-state index in [4.69, 9.17) is 4.74 Å². The number of hydrogen-bond acceptors (Lipinski definition) is 5. The Morgan fingerprint density at radius 1 is 1.13 bits per heavy atom. The lowest BCUT2D eigenvalue weighted by Crippen LogP contribution is -2.51. The second-order valence-electron chi connectivity index (χ2n) is 8.43. The number of likely N-dealkylation sites (tertiary alicyclic amines) is 1. The van der Waals surface area contributed by atoms with E-state index in [-0.39, 0.29) is 30.6 Å². The molecular formula is C23H34FN3O4. The van der Waals surface area contributed by atoms with Crippen molar-refractivity contribution in [3.05, 3.63) is 35.6 Å². The van der Waals surface area contributed by atoms with Gasteiger partial charge in [0.1, 0.15) is 11.9 Å². The fraction of sp³-hybridized carbons (Fsp3) is 0.652. The molecular weight excluding hydrogens is 401 g/mol. The lowest BCUT2D eigenvalue weighted by Gasteiger charge is -2.36. The molecule has 2 saturated heterocycles. The van der Waals surface area contributed by atoms with E-state index in [9.17, 15) is 19.1 Å². The fourth-order valence-electron chi connectivity index (χ4n) is 4.27. The van der Waals surface area contributed by atoms with E-state index in [0.29, 0.717) is 31.4 Å². The smallest absolute Gasteiger partial charge is 0.251 e. The van der Waals surface area contributed by atoms with Gasteiger partial charge in [0.05, 0.1) is 18.8 Å². The number of nitrogens with one attached hydrogen (secondary N) is 2. The zero-order valence-corrected chi connectivity index (χ0v) is 18.0. The Kier molecular flexibility index (Phi) is 9.24. The second-order valence-corrected chi connectivity index (χ2v) is 8.43. The summed E-state index contributed by atoms with van der Waals surface area (Å²) in [6, 6.07) is 5.04. The minimum absolute atomic E-state index is 0.0597. The minimum Gasteiger partial charge on any atom is -0.394 e. The van der Waals surface area contributed by atoms with Crippen LogP contribution in [0.3, 0.4) is 0 Å². The molecule has 8 heteroatoms. The standard InChI is InChI=1S/C23H34FN3O4/c24-18-6-4-17(5-7-18)23(30)26-20-9-8-19(31-21(20)16-28)10-12-25-22(29)11-15-27-13-2-1-3-14-27/h4-7,19-21,28H,1-3,8-16H2,(H,25,29)(H,26,30)/t19-,20-,21+/m1/s1. The van der Waals surface area contributed by atoms with Gasteiger partial charge < -0.3 is 25.4 Å². The van der Waals surface area contributed by atoms with Crippen molar-refractivity contribution in [1.29, 1.82) is 0 Å². The number of ether oxygens (including phenoxy) is 1. The van der Waals surface area contributed by atoms with Gasteiger partial charge >= 0.3 is 0 Å². The van der Waals surface area contributed by atoms with Crippen molar-refractivity contribution in [3.8, 4) is 0 Å². The minimum atomic E-state index is -0.502. The molecule has 31 heavy (non-hydrogen) atoms. The highest BCUT2D eigenvalue weighted by Crippen LogP contribution is 2.22. The maximum Gasteiger partial charge on any atom is 0.251 e. The van der Waals surface area contributed by atoms with Crippen LogP contribution in [0.2, 0.25) is 0 Å². The molecule has 3 N–H and O–H groups in total. The van der Waals surface area contributed by atoms with Crippen LogP contribution in [0, 0.1) is 5.82 Å². The van der Waals surface area contributed by atoms with Crippen molar-refractivity contribution < 1.29 is 23.8 Å². The Hall–Kier alpha value is -2.03. The summed E-state index contributed by atoms with van der Waals surface area (Å²) in [7, 11) is 0. The molecule has 3 atom stereocenters. The predicted molar refractivity (Wildman–Crippen MR) is 115 cm³/mol. The number of halogens is 1. The molecule has 2 aliphatic rings. The fourth-order valence-corrected chi connectivity index (χ4v) is 4.27. The van der Waals surface area contributed by atoms with Gasteiger partial charge in [0.15, 0.2) is 0 Å². The number of carbonyl (C=O) groups excluding carboxylic acids is 2. The highest BCUT2D eigenvalue weighted by Gasteiger charge is 2.32. The summed E-state index contributed by atoms with van der Waals surface area (Å²) in [6.45, 7) is 3.32. The first-order valence-electron chi connectivity index (χ1n) is 11.4. The van der Waals surface area contributed by atoms with Crippen LogP contribution in [-0.4, -0.2) is 72.9 Å². The number of hydrogen-bond donors (Lipinski definition) is 3. The van der Waals surface area contributed by atoms with Gasteiger partial charge in [0.2, 0.25) is 5.91 Å². The van der Waals surface area contributed by atoms with E-state index >= 15 is 0 Å². The van der Waals surface area contributed by atoms with Crippen molar-refractivity contribution in [2.75, 3.05) is 32.8 Å². The third kappa shape index (κ3) is 7.55. The van der Waals surface area contributed by atoms with Gasteiger partial charge in [-0.3, -0.25) is 9.59 Å². The van der Waals surface area contributed by atoms with Crippen LogP contribution in [0.15, 0.2) is 24.3 Å². The summed E-state index contributed by atoms with van der Waals surface area (Å²) in [4.78, 5) is 26.8. The summed E-state index contributed by atoms with van der Waals surface area (Å²) >= 11 is 0. The molecule has 0 saturated carbocycles. The number of benzene rings is 1. The Balaban J connectivity index is 1.35. The van der Waals surface area contributed by atoms with Crippen LogP contribution in [-0.2, 0) is 9.53 Å². The third-order valence-corrected chi connectivity index (χ3v) is 6.11. The average molecular weight is 436 g/mol. The molecule has 0 aliphatic carbocycles. The number of carbonyl (C=O) groups is 2. The molecule has 7 nitrogen and oxygen atoms in total. The zero-order chi connectivity index (χ0) is 22.1. The number of aliphatic hydroxyl groups excluding tert-OH is 1. The summed E-state index contributed by atoms with van der Waals surface area (Å²) < 4.78 is 19.0. The van der Waals surface area contributed by atoms with E-state index in [2.05, 4.69) is 15.5 Å². The van der Waals surface area contributed by atoms with E-state index in [1.807, 2.05) is 0 Å². The van der Waals surface area contributed by atoms with Gasteiger partial charge in [-0.1, -0.05) is 6.42 Å². The summed E-state index contributed by atoms with van der Waals surface area (Å²) in [6.07, 6.45) is 5.75. The quantitative estimate of drug-likeness (QED) is 0.551. The van der Waals surface area contributed by atoms with Crippen LogP contribution >= 0.6 is 0 Å². The molecule has 2 aliphatic heterocycles. The van der Waals surface area contributed by atoms with Gasteiger partial charge in [0.25, 0.3) is 5.91 Å². The maximum absolute atomic E-state index is 13.0. The van der Waals surface area contributed by atoms with Crippen LogP contribution in [0.4, 0.5) is 4.39 Å². The SMILES string of the molecule is O=C(CCN1CCCCC1)NCC[C@H]1CC[C@@H](NC(=O)c2ccc(F)cc2)[C@H](CO)O1. The first-order chi connectivity index (χ1) is 15.0. The number of rotatable bonds is 9. The topological polar surface area (TPSA) is 90.9 Å². The van der Waals surface area contributed by atoms with Gasteiger partial charge in [-0.25, -0.2) is 4.39 Å². The summed E-state index contributed by atoms with van der Waals surface area (Å²) in [5, 5.41) is 15.5. The Morgan fingerprint density at radius 3 is 2.58 bits per heavy atom. The predicted octanol–water partition coefficient (Wildman–Crippen LogP) is 1.85. The van der Waals surface area contributed by atoms with Gasteiger partial charge in [-0.2, -0.15) is 0 Å². The molecule has 0 radical (unpaired) electrons. The molecule has 0 bridgehead atoms. The molecule has 172 valence electrons. The zero-order valence-electron chi connectivity index (χ0n) is 18.0. The maximum atomic E-state index is 13.0. The van der Waals surface area contributed by atoms with E-state index in [1.54, 1.807) is 0 Å². The third-order valence-electron chi connectivity index (χ3n) is 6.11. The van der Waals surface area contributed by atoms with Gasteiger partial charge in [0, 0.05) is 25.1 Å². The molecule has 2 amide bonds. The molecule has 0 spiro atoms. The summed E-state index contributed by atoms with van der Waals surface area (Å²) in [5.41, 5.74) is 0.368. The molecule has 1 aromatic carbocycles. The molecule has 2 fully saturated rings. The largest absolute Gasteiger partial charge is 0.394 e. The normalized spacial score (nSPS) is 24.5.